The summed E-state index contributed by atoms with van der Waals surface area (Å²) >= 11 is 6.32. The Balaban J connectivity index is 1.79. The fourth-order valence-corrected chi connectivity index (χ4v) is 7.09. The number of nitrogens with zero attached hydrogens (tertiary/aromatic N) is 2. The number of sulfonamides is 1. The minimum absolute atomic E-state index is 0.0162. The molecule has 0 aromatic heterocycles. The van der Waals surface area contributed by atoms with Crippen LogP contribution in [0.25, 0.3) is 0 Å². The first-order chi connectivity index (χ1) is 20.8. The molecular formula is C32H35ClF3N3O4S. The Kier molecular flexibility index (Phi) is 10.6. The van der Waals surface area contributed by atoms with Gasteiger partial charge in [0.15, 0.2) is 0 Å². The van der Waals surface area contributed by atoms with Gasteiger partial charge in [-0.3, -0.25) is 13.9 Å². The predicted octanol–water partition coefficient (Wildman–Crippen LogP) is 6.73. The number of benzene rings is 3. The number of anilines is 1. The standard InChI is InChI=1S/C32H35ClF3N3O4S/c1-3-28(31(41)37-25-13-9-10-14-25)38(20-23-12-8-7-11-22(23)2)30(40)21-39(44(42,43)26-15-5-4-6-16-26)29-19-24(32(34,35)36)17-18-27(29)33/h4-8,11-12,15-19,25,28H,3,9-10,13-14,20-21H2,1-2H3,(H,37,41)/t28-/m1/s1. The monoisotopic (exact) mass is 649 g/mol. The zero-order valence-corrected chi connectivity index (χ0v) is 26.1. The minimum atomic E-state index is -4.80. The molecule has 1 saturated carbocycles. The maximum Gasteiger partial charge on any atom is 0.416 e. The lowest BCUT2D eigenvalue weighted by Gasteiger charge is -2.34. The molecule has 4 rings (SSSR count). The van der Waals surface area contributed by atoms with Crippen LogP contribution in [0.5, 0.6) is 0 Å². The first-order valence-electron chi connectivity index (χ1n) is 14.4. The summed E-state index contributed by atoms with van der Waals surface area (Å²) in [5.41, 5.74) is -0.0386. The second-order valence-corrected chi connectivity index (χ2v) is 13.1. The van der Waals surface area contributed by atoms with Gasteiger partial charge in [-0.2, -0.15) is 13.2 Å². The lowest BCUT2D eigenvalue weighted by Crippen LogP contribution is -2.53. The molecule has 1 atom stereocenters. The van der Waals surface area contributed by atoms with Crippen molar-refractivity contribution in [2.24, 2.45) is 0 Å². The number of hydrogen-bond donors (Lipinski definition) is 1. The van der Waals surface area contributed by atoms with Gasteiger partial charge < -0.3 is 10.2 Å². The van der Waals surface area contributed by atoms with Gasteiger partial charge in [-0.05, 0) is 67.6 Å². The molecule has 3 aromatic rings. The maximum atomic E-state index is 14.2. The van der Waals surface area contributed by atoms with E-state index in [-0.39, 0.29) is 34.8 Å². The highest BCUT2D eigenvalue weighted by atomic mass is 35.5. The van der Waals surface area contributed by atoms with Crippen molar-refractivity contribution in [3.8, 4) is 0 Å². The summed E-state index contributed by atoms with van der Waals surface area (Å²) in [6, 6.07) is 15.7. The molecule has 1 aliphatic carbocycles. The summed E-state index contributed by atoms with van der Waals surface area (Å²) < 4.78 is 69.7. The van der Waals surface area contributed by atoms with Crippen molar-refractivity contribution in [1.29, 1.82) is 0 Å². The van der Waals surface area contributed by atoms with E-state index in [0.717, 1.165) is 48.9 Å². The number of alkyl halides is 3. The topological polar surface area (TPSA) is 86.8 Å². The zero-order valence-electron chi connectivity index (χ0n) is 24.5. The van der Waals surface area contributed by atoms with Gasteiger partial charge in [0.1, 0.15) is 12.6 Å². The Morgan fingerprint density at radius 2 is 1.64 bits per heavy atom. The third-order valence-electron chi connectivity index (χ3n) is 7.84. The smallest absolute Gasteiger partial charge is 0.352 e. The van der Waals surface area contributed by atoms with E-state index < -0.39 is 45.9 Å². The average Bonchev–Trinajstić information content (AvgIpc) is 3.50. The molecule has 0 aliphatic heterocycles. The maximum absolute atomic E-state index is 14.2. The second-order valence-electron chi connectivity index (χ2n) is 10.9. The molecule has 2 amide bonds. The van der Waals surface area contributed by atoms with Crippen LogP contribution < -0.4 is 9.62 Å². The fourth-order valence-electron chi connectivity index (χ4n) is 5.37. The number of carbonyl (C=O) groups is 2. The quantitative estimate of drug-likeness (QED) is 0.250. The Bertz CT molecular complexity index is 1580. The normalized spacial score (nSPS) is 14.7. The molecule has 0 heterocycles. The summed E-state index contributed by atoms with van der Waals surface area (Å²) in [4.78, 5) is 28.9. The first kappa shape index (κ1) is 33.3. The van der Waals surface area contributed by atoms with Gasteiger partial charge >= 0.3 is 6.18 Å². The number of nitrogens with one attached hydrogen (secondary N) is 1. The van der Waals surface area contributed by atoms with Crippen LogP contribution in [-0.2, 0) is 32.3 Å². The minimum Gasteiger partial charge on any atom is -0.352 e. The lowest BCUT2D eigenvalue weighted by atomic mass is 10.1. The van der Waals surface area contributed by atoms with Crippen molar-refractivity contribution in [3.63, 3.8) is 0 Å². The van der Waals surface area contributed by atoms with E-state index in [1.54, 1.807) is 25.1 Å². The summed E-state index contributed by atoms with van der Waals surface area (Å²) in [6.07, 6.45) is -0.953. The molecule has 0 unspecified atom stereocenters. The van der Waals surface area contributed by atoms with E-state index >= 15 is 0 Å². The van der Waals surface area contributed by atoms with E-state index in [0.29, 0.717) is 10.4 Å². The summed E-state index contributed by atoms with van der Waals surface area (Å²) in [5, 5.41) is 2.74. The highest BCUT2D eigenvalue weighted by Gasteiger charge is 2.37. The summed E-state index contributed by atoms with van der Waals surface area (Å²) in [5.74, 6) is -1.13. The van der Waals surface area contributed by atoms with Crippen molar-refractivity contribution in [1.82, 2.24) is 10.2 Å². The molecule has 0 radical (unpaired) electrons. The number of aryl methyl sites for hydroxylation is 1. The van der Waals surface area contributed by atoms with E-state index in [2.05, 4.69) is 5.32 Å². The second kappa shape index (κ2) is 14.0. The Hall–Kier alpha value is -3.57. The Morgan fingerprint density at radius 3 is 2.25 bits per heavy atom. The van der Waals surface area contributed by atoms with E-state index in [1.807, 2.05) is 19.1 Å². The third-order valence-corrected chi connectivity index (χ3v) is 9.94. The molecule has 0 spiro atoms. The molecule has 1 fully saturated rings. The van der Waals surface area contributed by atoms with Gasteiger partial charge in [-0.1, -0.05) is 73.8 Å². The predicted molar refractivity (Wildman–Crippen MR) is 164 cm³/mol. The van der Waals surface area contributed by atoms with Crippen LogP contribution >= 0.6 is 11.6 Å². The molecule has 0 bridgehead atoms. The summed E-state index contributed by atoms with van der Waals surface area (Å²) in [6.45, 7) is 2.69. The Morgan fingerprint density at radius 1 is 1.00 bits per heavy atom. The van der Waals surface area contributed by atoms with Gasteiger partial charge in [0.25, 0.3) is 10.0 Å². The van der Waals surface area contributed by atoms with E-state index in [1.165, 1.54) is 29.2 Å². The molecule has 1 N–H and O–H groups in total. The van der Waals surface area contributed by atoms with Crippen molar-refractivity contribution in [2.75, 3.05) is 10.8 Å². The van der Waals surface area contributed by atoms with Crippen LogP contribution in [-0.4, -0.2) is 43.8 Å². The van der Waals surface area contributed by atoms with Crippen LogP contribution in [0.15, 0.2) is 77.7 Å². The van der Waals surface area contributed by atoms with Crippen LogP contribution in [0, 0.1) is 6.92 Å². The number of halogens is 4. The van der Waals surface area contributed by atoms with Gasteiger partial charge in [0, 0.05) is 12.6 Å². The van der Waals surface area contributed by atoms with Crippen LogP contribution in [0.1, 0.15) is 55.7 Å². The molecule has 7 nitrogen and oxygen atoms in total. The van der Waals surface area contributed by atoms with Crippen molar-refractivity contribution in [3.05, 3.63) is 94.5 Å². The molecule has 12 heteroatoms. The molecule has 236 valence electrons. The van der Waals surface area contributed by atoms with Crippen molar-refractivity contribution >= 4 is 39.1 Å². The van der Waals surface area contributed by atoms with Crippen LogP contribution in [0.3, 0.4) is 0 Å². The lowest BCUT2D eigenvalue weighted by molar-refractivity contribution is -0.140. The van der Waals surface area contributed by atoms with Gasteiger partial charge in [0.2, 0.25) is 11.8 Å². The van der Waals surface area contributed by atoms with Gasteiger partial charge in [0.05, 0.1) is 21.2 Å². The molecule has 0 saturated heterocycles. The van der Waals surface area contributed by atoms with Gasteiger partial charge in [-0.25, -0.2) is 8.42 Å². The fraction of sp³-hybridized carbons (Fsp3) is 0.375. The van der Waals surface area contributed by atoms with Gasteiger partial charge in [-0.15, -0.1) is 0 Å². The molecular weight excluding hydrogens is 615 g/mol. The SMILES string of the molecule is CC[C@H](C(=O)NC1CCCC1)N(Cc1ccccc1C)C(=O)CN(c1cc(C(F)(F)F)ccc1Cl)S(=O)(=O)c1ccccc1. The van der Waals surface area contributed by atoms with E-state index in [9.17, 15) is 31.2 Å². The van der Waals surface area contributed by atoms with E-state index in [4.69, 9.17) is 11.6 Å². The summed E-state index contributed by atoms with van der Waals surface area (Å²) in [7, 11) is -4.59. The number of hydrogen-bond acceptors (Lipinski definition) is 4. The first-order valence-corrected chi connectivity index (χ1v) is 16.2. The van der Waals surface area contributed by atoms with Crippen LogP contribution in [0.4, 0.5) is 18.9 Å². The average molecular weight is 650 g/mol. The largest absolute Gasteiger partial charge is 0.416 e. The zero-order chi connectivity index (χ0) is 32.1. The highest BCUT2D eigenvalue weighted by molar-refractivity contribution is 7.92. The molecule has 44 heavy (non-hydrogen) atoms. The number of rotatable bonds is 11. The number of carbonyl (C=O) groups excluding carboxylic acids is 2. The highest BCUT2D eigenvalue weighted by Crippen LogP contribution is 2.37. The third kappa shape index (κ3) is 7.74. The number of amides is 2. The van der Waals surface area contributed by atoms with Crippen molar-refractivity contribution < 1.29 is 31.2 Å². The Labute approximate surface area is 261 Å². The molecule has 1 aliphatic rings. The van der Waals surface area contributed by atoms with Crippen LogP contribution in [0.2, 0.25) is 5.02 Å². The van der Waals surface area contributed by atoms with Crippen molar-refractivity contribution in [2.45, 2.75) is 75.7 Å². The molecule has 3 aromatic carbocycles.